The zero-order valence-corrected chi connectivity index (χ0v) is 19.3. The summed E-state index contributed by atoms with van der Waals surface area (Å²) in [4.78, 5) is 17.1. The molecule has 1 aliphatic carbocycles. The molecule has 0 spiro atoms. The maximum absolute atomic E-state index is 13.0. The Morgan fingerprint density at radius 2 is 1.90 bits per heavy atom. The molecule has 0 aromatic rings. The number of amides is 1. The van der Waals surface area contributed by atoms with E-state index in [0.717, 1.165) is 25.7 Å². The monoisotopic (exact) mass is 441 g/mol. The van der Waals surface area contributed by atoms with Gasteiger partial charge in [-0.1, -0.05) is 13.3 Å². The normalized spacial score (nSPS) is 27.7. The first-order valence-corrected chi connectivity index (χ1v) is 12.3. The number of rotatable bonds is 6. The molecular formula is C20H35N5O4S. The lowest BCUT2D eigenvalue weighted by atomic mass is 9.84. The van der Waals surface area contributed by atoms with E-state index in [4.69, 9.17) is 9.88 Å². The summed E-state index contributed by atoms with van der Waals surface area (Å²) in [7, 11) is -3.73. The maximum atomic E-state index is 13.0. The molecule has 1 amide bonds. The molecule has 10 heteroatoms. The topological polar surface area (TPSA) is 120 Å². The Labute approximate surface area is 180 Å². The highest BCUT2D eigenvalue weighted by Gasteiger charge is 2.53. The molecule has 3 aliphatic rings. The van der Waals surface area contributed by atoms with Crippen molar-refractivity contribution in [2.75, 3.05) is 26.2 Å². The molecule has 2 aliphatic heterocycles. The number of carbonyl (C=O) groups is 1. The molecule has 30 heavy (non-hydrogen) atoms. The molecule has 3 rings (SSSR count). The van der Waals surface area contributed by atoms with Crippen LogP contribution >= 0.6 is 0 Å². The summed E-state index contributed by atoms with van der Waals surface area (Å²) in [6, 6.07) is 2.56. The van der Waals surface area contributed by atoms with Crippen LogP contribution in [0.15, 0.2) is 0 Å². The summed E-state index contributed by atoms with van der Waals surface area (Å²) in [5, 5.41) is 14.5. The molecule has 9 nitrogen and oxygen atoms in total. The van der Waals surface area contributed by atoms with Gasteiger partial charge < -0.3 is 9.64 Å². The Morgan fingerprint density at radius 3 is 2.33 bits per heavy atom. The van der Waals surface area contributed by atoms with Gasteiger partial charge in [0.05, 0.1) is 18.0 Å². The quantitative estimate of drug-likeness (QED) is 0.669. The van der Waals surface area contributed by atoms with Crippen molar-refractivity contribution in [2.24, 2.45) is 11.1 Å². The molecule has 0 radical (unpaired) electrons. The van der Waals surface area contributed by atoms with Gasteiger partial charge in [-0.05, 0) is 46.0 Å². The fourth-order valence-electron chi connectivity index (χ4n) is 4.86. The lowest BCUT2D eigenvalue weighted by molar-refractivity contribution is -0.0415. The van der Waals surface area contributed by atoms with Crippen LogP contribution in [0.5, 0.6) is 0 Å². The van der Waals surface area contributed by atoms with Crippen molar-refractivity contribution in [3.63, 3.8) is 0 Å². The first-order chi connectivity index (χ1) is 13.9. The third-order valence-corrected chi connectivity index (χ3v) is 7.59. The number of hydrogen-bond donors (Lipinski definition) is 1. The van der Waals surface area contributed by atoms with Gasteiger partial charge in [0.25, 0.3) is 10.2 Å². The van der Waals surface area contributed by atoms with Crippen molar-refractivity contribution in [1.29, 1.82) is 5.26 Å². The van der Waals surface area contributed by atoms with Crippen LogP contribution < -0.4 is 5.14 Å². The van der Waals surface area contributed by atoms with Crippen LogP contribution in [0.1, 0.15) is 59.8 Å². The maximum Gasteiger partial charge on any atom is 0.410 e. The molecule has 0 bridgehead atoms. The lowest BCUT2D eigenvalue weighted by Gasteiger charge is -2.55. The van der Waals surface area contributed by atoms with Crippen molar-refractivity contribution in [3.05, 3.63) is 0 Å². The molecule has 2 heterocycles. The molecule has 2 atom stereocenters. The molecule has 2 saturated heterocycles. The number of piperidine rings is 1. The van der Waals surface area contributed by atoms with Crippen LogP contribution in [0.25, 0.3) is 0 Å². The molecule has 170 valence electrons. The number of likely N-dealkylation sites (tertiary alicyclic amines) is 1. The number of nitrogens with two attached hydrogens (primary N) is 1. The Kier molecular flexibility index (Phi) is 6.41. The SMILES string of the molecule is CCC1C[C@H]1N(C(=O)OC(C)(C)C)C1CCN(C2(CC#N)CN(S(N)(=O)=O)C2)CC1. The van der Waals surface area contributed by atoms with E-state index in [9.17, 15) is 18.5 Å². The molecular weight excluding hydrogens is 406 g/mol. The smallest absolute Gasteiger partial charge is 0.410 e. The first-order valence-electron chi connectivity index (χ1n) is 10.8. The number of ether oxygens (including phenoxy) is 1. The van der Waals surface area contributed by atoms with Gasteiger partial charge in [-0.25, -0.2) is 9.93 Å². The Bertz CT molecular complexity index is 789. The fraction of sp³-hybridized carbons (Fsp3) is 0.900. The third kappa shape index (κ3) is 4.90. The summed E-state index contributed by atoms with van der Waals surface area (Å²) >= 11 is 0. The van der Waals surface area contributed by atoms with E-state index in [-0.39, 0.29) is 37.7 Å². The minimum atomic E-state index is -3.73. The van der Waals surface area contributed by atoms with Gasteiger partial charge in [-0.15, -0.1) is 0 Å². The predicted molar refractivity (Wildman–Crippen MR) is 112 cm³/mol. The number of carbonyl (C=O) groups excluding carboxylic acids is 1. The summed E-state index contributed by atoms with van der Waals surface area (Å²) < 4.78 is 30.1. The van der Waals surface area contributed by atoms with Gasteiger partial charge in [0.1, 0.15) is 5.60 Å². The number of nitriles is 1. The van der Waals surface area contributed by atoms with Crippen LogP contribution in [0.2, 0.25) is 0 Å². The average molecular weight is 442 g/mol. The molecule has 0 aromatic carbocycles. The highest BCUT2D eigenvalue weighted by Crippen LogP contribution is 2.42. The molecule has 3 fully saturated rings. The van der Waals surface area contributed by atoms with E-state index >= 15 is 0 Å². The van der Waals surface area contributed by atoms with Crippen LogP contribution in [0.4, 0.5) is 4.79 Å². The van der Waals surface area contributed by atoms with Gasteiger partial charge in [0, 0.05) is 38.3 Å². The van der Waals surface area contributed by atoms with Crippen molar-refractivity contribution in [1.82, 2.24) is 14.1 Å². The van der Waals surface area contributed by atoms with Gasteiger partial charge >= 0.3 is 6.09 Å². The van der Waals surface area contributed by atoms with Gasteiger partial charge in [-0.3, -0.25) is 4.90 Å². The second kappa shape index (κ2) is 8.26. The lowest BCUT2D eigenvalue weighted by Crippen LogP contribution is -2.73. The van der Waals surface area contributed by atoms with E-state index in [1.807, 2.05) is 25.7 Å². The standard InChI is InChI=1S/C20H35N5O4S/c1-5-15-12-17(15)25(18(26)29-19(2,3)4)16-6-10-23(11-7-16)20(8-9-21)13-24(14-20)30(22,27)28/h15-17H,5-8,10-14H2,1-4H3,(H2,22,27,28)/t15?,17-/m1/s1. The van der Waals surface area contributed by atoms with E-state index in [1.54, 1.807) is 0 Å². The number of nitrogens with zero attached hydrogens (tertiary/aromatic N) is 4. The van der Waals surface area contributed by atoms with Crippen molar-refractivity contribution >= 4 is 16.3 Å². The summed E-state index contributed by atoms with van der Waals surface area (Å²) in [6.45, 7) is 9.74. The summed E-state index contributed by atoms with van der Waals surface area (Å²) in [5.41, 5.74) is -1.01. The second-order valence-corrected chi connectivity index (χ2v) is 11.5. The predicted octanol–water partition coefficient (Wildman–Crippen LogP) is 1.66. The van der Waals surface area contributed by atoms with Crippen LogP contribution in [-0.4, -0.2) is 78.0 Å². The van der Waals surface area contributed by atoms with Gasteiger partial charge in [0.15, 0.2) is 0 Å². The minimum Gasteiger partial charge on any atom is -0.444 e. The molecule has 1 saturated carbocycles. The van der Waals surface area contributed by atoms with Crippen LogP contribution in [0.3, 0.4) is 0 Å². The van der Waals surface area contributed by atoms with Gasteiger partial charge in [0.2, 0.25) is 0 Å². The zero-order valence-electron chi connectivity index (χ0n) is 18.5. The summed E-state index contributed by atoms with van der Waals surface area (Å²) in [6.07, 6.45) is 3.68. The number of hydrogen-bond acceptors (Lipinski definition) is 6. The van der Waals surface area contributed by atoms with Crippen molar-refractivity contribution in [3.8, 4) is 6.07 Å². The highest BCUT2D eigenvalue weighted by atomic mass is 32.2. The molecule has 2 N–H and O–H groups in total. The van der Waals surface area contributed by atoms with Crippen molar-refractivity contribution in [2.45, 2.75) is 83.0 Å². The zero-order chi connectivity index (χ0) is 22.3. The fourth-order valence-corrected chi connectivity index (χ4v) is 5.70. The summed E-state index contributed by atoms with van der Waals surface area (Å²) in [5.74, 6) is 0.537. The van der Waals surface area contributed by atoms with Crippen LogP contribution in [-0.2, 0) is 14.9 Å². The van der Waals surface area contributed by atoms with E-state index in [1.165, 1.54) is 4.31 Å². The third-order valence-electron chi connectivity index (χ3n) is 6.61. The Balaban J connectivity index is 1.66. The minimum absolute atomic E-state index is 0.103. The average Bonchev–Trinajstić information content (AvgIpc) is 3.35. The highest BCUT2D eigenvalue weighted by molar-refractivity contribution is 7.86. The molecule has 1 unspecified atom stereocenters. The largest absolute Gasteiger partial charge is 0.444 e. The van der Waals surface area contributed by atoms with E-state index in [2.05, 4.69) is 17.9 Å². The van der Waals surface area contributed by atoms with Gasteiger partial charge in [-0.2, -0.15) is 18.0 Å². The molecule has 0 aromatic heterocycles. The van der Waals surface area contributed by atoms with E-state index < -0.39 is 21.3 Å². The second-order valence-electron chi connectivity index (χ2n) is 9.95. The van der Waals surface area contributed by atoms with Crippen LogP contribution in [0, 0.1) is 17.2 Å². The first kappa shape index (κ1) is 23.3. The Hall–Kier alpha value is -1.41. The Morgan fingerprint density at radius 1 is 1.30 bits per heavy atom. The van der Waals surface area contributed by atoms with E-state index in [0.29, 0.717) is 19.0 Å². The van der Waals surface area contributed by atoms with Crippen molar-refractivity contribution < 1.29 is 17.9 Å².